The zero-order chi connectivity index (χ0) is 24.0. The molecule has 0 unspecified atom stereocenters. The second-order valence-corrected chi connectivity index (χ2v) is 7.30. The molecule has 0 saturated heterocycles. The van der Waals surface area contributed by atoms with Gasteiger partial charge < -0.3 is 21.1 Å². The highest BCUT2D eigenvalue weighted by Gasteiger charge is 2.30. The number of halogens is 2. The topological polar surface area (TPSA) is 128 Å². The van der Waals surface area contributed by atoms with Crippen molar-refractivity contribution in [2.24, 2.45) is 11.7 Å². The molecule has 0 radical (unpaired) electrons. The van der Waals surface area contributed by atoms with Crippen LogP contribution < -0.4 is 16.4 Å². The maximum absolute atomic E-state index is 13.9. The summed E-state index contributed by atoms with van der Waals surface area (Å²) in [5, 5.41) is 4.76. The van der Waals surface area contributed by atoms with E-state index >= 15 is 0 Å². The number of hydrogen-bond acceptors (Lipinski definition) is 5. The number of rotatable bonds is 8. The molecule has 0 aromatic heterocycles. The summed E-state index contributed by atoms with van der Waals surface area (Å²) in [6.07, 6.45) is -1.25. The molecule has 0 aliphatic rings. The largest absolute Gasteiger partial charge is 0.451 e. The van der Waals surface area contributed by atoms with Gasteiger partial charge in [0.05, 0.1) is 0 Å². The van der Waals surface area contributed by atoms with Gasteiger partial charge in [-0.3, -0.25) is 14.4 Å². The molecule has 2 aromatic rings. The van der Waals surface area contributed by atoms with E-state index in [0.29, 0.717) is 5.69 Å². The van der Waals surface area contributed by atoms with Crippen LogP contribution in [0.3, 0.4) is 0 Å². The fourth-order valence-electron chi connectivity index (χ4n) is 2.69. The molecule has 10 heteroatoms. The molecule has 0 bridgehead atoms. The number of carbonyl (C=O) groups excluding carboxylic acids is 4. The van der Waals surface area contributed by atoms with E-state index in [1.165, 1.54) is 31.2 Å². The molecule has 2 aromatic carbocycles. The Labute approximate surface area is 183 Å². The molecule has 8 nitrogen and oxygen atoms in total. The van der Waals surface area contributed by atoms with Gasteiger partial charge in [-0.25, -0.2) is 13.6 Å². The minimum atomic E-state index is -1.26. The highest BCUT2D eigenvalue weighted by Crippen LogP contribution is 2.15. The van der Waals surface area contributed by atoms with E-state index in [2.05, 4.69) is 10.6 Å². The maximum Gasteiger partial charge on any atom is 0.329 e. The molecule has 2 atom stereocenters. The van der Waals surface area contributed by atoms with E-state index in [9.17, 15) is 28.0 Å². The third-order valence-corrected chi connectivity index (χ3v) is 4.50. The number of anilines is 1. The van der Waals surface area contributed by atoms with Crippen LogP contribution in [0.25, 0.3) is 0 Å². The van der Waals surface area contributed by atoms with Crippen molar-refractivity contribution in [2.75, 3.05) is 5.32 Å². The molecule has 0 heterocycles. The molecule has 0 aliphatic carbocycles. The fraction of sp³-hybridized carbons (Fsp3) is 0.273. The van der Waals surface area contributed by atoms with Crippen molar-refractivity contribution in [3.63, 3.8) is 0 Å². The second kappa shape index (κ2) is 10.5. The average molecular weight is 447 g/mol. The monoisotopic (exact) mass is 447 g/mol. The van der Waals surface area contributed by atoms with Crippen LogP contribution >= 0.6 is 0 Å². The van der Waals surface area contributed by atoms with E-state index in [1.54, 1.807) is 13.8 Å². The van der Waals surface area contributed by atoms with Gasteiger partial charge in [-0.15, -0.1) is 0 Å². The molecule has 0 aliphatic heterocycles. The highest BCUT2D eigenvalue weighted by molar-refractivity contribution is 5.99. The summed E-state index contributed by atoms with van der Waals surface area (Å²) in [4.78, 5) is 48.3. The Hall–Kier alpha value is -3.82. The summed E-state index contributed by atoms with van der Waals surface area (Å²) in [6.45, 7) is 4.50. The van der Waals surface area contributed by atoms with Gasteiger partial charge in [0.25, 0.3) is 11.8 Å². The number of hydrogen-bond donors (Lipinski definition) is 3. The molecule has 170 valence electrons. The minimum absolute atomic E-state index is 0.254. The molecular weight excluding hydrogens is 424 g/mol. The van der Waals surface area contributed by atoms with Gasteiger partial charge in [-0.2, -0.15) is 0 Å². The zero-order valence-electron chi connectivity index (χ0n) is 17.6. The first-order valence-corrected chi connectivity index (χ1v) is 9.67. The minimum Gasteiger partial charge on any atom is -0.451 e. The van der Waals surface area contributed by atoms with Gasteiger partial charge in [-0.05, 0) is 49.2 Å². The molecule has 32 heavy (non-hydrogen) atoms. The van der Waals surface area contributed by atoms with Crippen LogP contribution in [0.2, 0.25) is 0 Å². The number of benzene rings is 2. The van der Waals surface area contributed by atoms with Gasteiger partial charge >= 0.3 is 5.97 Å². The Morgan fingerprint density at radius 2 is 1.50 bits per heavy atom. The lowest BCUT2D eigenvalue weighted by atomic mass is 10.0. The van der Waals surface area contributed by atoms with Gasteiger partial charge in [0.2, 0.25) is 5.91 Å². The Bertz CT molecular complexity index is 1000. The summed E-state index contributed by atoms with van der Waals surface area (Å²) >= 11 is 0. The normalized spacial score (nSPS) is 12.6. The van der Waals surface area contributed by atoms with Crippen LogP contribution in [0.1, 0.15) is 41.5 Å². The van der Waals surface area contributed by atoms with E-state index in [0.717, 1.165) is 18.2 Å². The summed E-state index contributed by atoms with van der Waals surface area (Å²) in [5.41, 5.74) is 4.92. The number of primary amides is 1. The van der Waals surface area contributed by atoms with Crippen molar-refractivity contribution in [3.05, 3.63) is 65.2 Å². The Morgan fingerprint density at radius 1 is 0.938 bits per heavy atom. The van der Waals surface area contributed by atoms with Crippen molar-refractivity contribution < 1.29 is 32.7 Å². The molecule has 0 fully saturated rings. The van der Waals surface area contributed by atoms with Crippen LogP contribution in [0.15, 0.2) is 42.5 Å². The highest BCUT2D eigenvalue weighted by atomic mass is 19.1. The first-order chi connectivity index (χ1) is 15.0. The van der Waals surface area contributed by atoms with Gasteiger partial charge in [0.1, 0.15) is 23.2 Å². The molecular formula is C22H23F2N3O5. The van der Waals surface area contributed by atoms with E-state index in [1.807, 2.05) is 0 Å². The van der Waals surface area contributed by atoms with Crippen molar-refractivity contribution in [3.8, 4) is 0 Å². The predicted octanol–water partition coefficient (Wildman–Crippen LogP) is 2.39. The molecule has 2 rings (SSSR count). The number of nitrogens with two attached hydrogens (primary N) is 1. The molecule has 3 amide bonds. The number of esters is 1. The zero-order valence-corrected chi connectivity index (χ0v) is 17.6. The van der Waals surface area contributed by atoms with E-state index in [-0.39, 0.29) is 5.56 Å². The first-order valence-electron chi connectivity index (χ1n) is 9.67. The Morgan fingerprint density at radius 3 is 2.00 bits per heavy atom. The van der Waals surface area contributed by atoms with Crippen LogP contribution in [-0.2, 0) is 14.3 Å². The second-order valence-electron chi connectivity index (χ2n) is 7.30. The van der Waals surface area contributed by atoms with Crippen LogP contribution in [0.5, 0.6) is 0 Å². The molecule has 0 saturated carbocycles. The van der Waals surface area contributed by atoms with Crippen molar-refractivity contribution >= 4 is 29.4 Å². The summed E-state index contributed by atoms with van der Waals surface area (Å²) in [6, 6.07) is 7.43. The average Bonchev–Trinajstić information content (AvgIpc) is 2.71. The SMILES string of the molecule is CC(C)[C@H](NC(=O)c1c(F)cccc1F)C(=O)O[C@H](C)C(=O)Nc1ccc(C(N)=O)cc1. The van der Waals surface area contributed by atoms with E-state index in [4.69, 9.17) is 10.5 Å². The lowest BCUT2D eigenvalue weighted by molar-refractivity contribution is -0.156. The number of carbonyl (C=O) groups is 4. The molecule has 0 spiro atoms. The summed E-state index contributed by atoms with van der Waals surface area (Å²) in [7, 11) is 0. The Balaban J connectivity index is 2.04. The number of amides is 3. The number of nitrogens with one attached hydrogen (secondary N) is 2. The van der Waals surface area contributed by atoms with Crippen molar-refractivity contribution in [2.45, 2.75) is 32.9 Å². The Kier molecular flexibility index (Phi) is 8.00. The number of ether oxygens (including phenoxy) is 1. The quantitative estimate of drug-likeness (QED) is 0.536. The summed E-state index contributed by atoms with van der Waals surface area (Å²) < 4.78 is 32.8. The van der Waals surface area contributed by atoms with Crippen LogP contribution in [0, 0.1) is 17.6 Å². The van der Waals surface area contributed by atoms with Crippen molar-refractivity contribution in [1.29, 1.82) is 0 Å². The lowest BCUT2D eigenvalue weighted by Crippen LogP contribution is -2.47. The lowest BCUT2D eigenvalue weighted by Gasteiger charge is -2.23. The third-order valence-electron chi connectivity index (χ3n) is 4.50. The van der Waals surface area contributed by atoms with Gasteiger partial charge in [0, 0.05) is 11.3 Å². The van der Waals surface area contributed by atoms with E-state index < -0.39 is 59.0 Å². The fourth-order valence-corrected chi connectivity index (χ4v) is 2.69. The van der Waals surface area contributed by atoms with Crippen LogP contribution in [0.4, 0.5) is 14.5 Å². The van der Waals surface area contributed by atoms with Crippen molar-refractivity contribution in [1.82, 2.24) is 5.32 Å². The summed E-state index contributed by atoms with van der Waals surface area (Å²) in [5.74, 6) is -6.01. The first kappa shape index (κ1) is 24.4. The standard InChI is InChI=1S/C22H23F2N3O5/c1-11(2)18(27-21(30)17-15(23)5-4-6-16(17)24)22(31)32-12(3)20(29)26-14-9-7-13(8-10-14)19(25)28/h4-12,18H,1-3H3,(H2,25,28)(H,26,29)(H,27,30)/t12-,18+/m1/s1. The molecule has 4 N–H and O–H groups in total. The third kappa shape index (κ3) is 6.10. The predicted molar refractivity (Wildman–Crippen MR) is 112 cm³/mol. The maximum atomic E-state index is 13.9. The van der Waals surface area contributed by atoms with Gasteiger partial charge in [0.15, 0.2) is 6.10 Å². The smallest absolute Gasteiger partial charge is 0.329 e. The van der Waals surface area contributed by atoms with Crippen LogP contribution in [-0.4, -0.2) is 35.8 Å². The van der Waals surface area contributed by atoms with Gasteiger partial charge in [-0.1, -0.05) is 19.9 Å².